The summed E-state index contributed by atoms with van der Waals surface area (Å²) < 4.78 is 11.8. The van der Waals surface area contributed by atoms with Gasteiger partial charge in [-0.15, -0.1) is 0 Å². The van der Waals surface area contributed by atoms with Crippen LogP contribution in [-0.4, -0.2) is 19.2 Å². The van der Waals surface area contributed by atoms with Gasteiger partial charge in [-0.3, -0.25) is 4.79 Å². The number of carbonyl (C=O) groups is 1. The van der Waals surface area contributed by atoms with Crippen LogP contribution in [0.4, 0.5) is 0 Å². The van der Waals surface area contributed by atoms with Crippen LogP contribution in [0.2, 0.25) is 0 Å². The summed E-state index contributed by atoms with van der Waals surface area (Å²) in [6.45, 7) is 6.97. The van der Waals surface area contributed by atoms with E-state index in [9.17, 15) is 4.79 Å². The number of benzene rings is 1. The molecule has 0 aliphatic heterocycles. The molecule has 1 aromatic carbocycles. The lowest BCUT2D eigenvalue weighted by Crippen LogP contribution is -2.26. The molecule has 0 radical (unpaired) electrons. The number of rotatable bonds is 8. The molecule has 0 aromatic heterocycles. The van der Waals surface area contributed by atoms with Crippen molar-refractivity contribution in [2.24, 2.45) is 11.8 Å². The number of carbonyl (C=O) groups excluding carboxylic acids is 1. The SMILES string of the molecule is COC(=O)C/C=C/[C@H](C)[C@@H](OCc1ccccc1Br)C(C)C. The summed E-state index contributed by atoms with van der Waals surface area (Å²) in [7, 11) is 1.40. The first-order valence-electron chi connectivity index (χ1n) is 7.54. The molecule has 0 N–H and O–H groups in total. The molecule has 2 atom stereocenters. The fourth-order valence-corrected chi connectivity index (χ4v) is 2.72. The fraction of sp³-hybridized carbons (Fsp3) is 0.500. The number of esters is 1. The molecule has 0 amide bonds. The van der Waals surface area contributed by atoms with Crippen LogP contribution in [0.5, 0.6) is 0 Å². The van der Waals surface area contributed by atoms with Crippen LogP contribution in [0.1, 0.15) is 32.8 Å². The van der Waals surface area contributed by atoms with Gasteiger partial charge in [0.15, 0.2) is 0 Å². The molecular weight excluding hydrogens is 344 g/mol. The Bertz CT molecular complexity index is 497. The van der Waals surface area contributed by atoms with Gasteiger partial charge < -0.3 is 9.47 Å². The van der Waals surface area contributed by atoms with E-state index in [1.54, 1.807) is 0 Å². The average Bonchev–Trinajstić information content (AvgIpc) is 2.48. The van der Waals surface area contributed by atoms with Gasteiger partial charge in [0.1, 0.15) is 0 Å². The van der Waals surface area contributed by atoms with Crippen LogP contribution in [0, 0.1) is 11.8 Å². The fourth-order valence-electron chi connectivity index (χ4n) is 2.32. The van der Waals surface area contributed by atoms with E-state index in [-0.39, 0.29) is 18.0 Å². The van der Waals surface area contributed by atoms with Crippen molar-refractivity contribution in [2.45, 2.75) is 39.9 Å². The number of hydrogen-bond donors (Lipinski definition) is 0. The predicted molar refractivity (Wildman–Crippen MR) is 92.5 cm³/mol. The molecule has 0 aliphatic carbocycles. The number of halogens is 1. The minimum absolute atomic E-state index is 0.0982. The highest BCUT2D eigenvalue weighted by atomic mass is 79.9. The van der Waals surface area contributed by atoms with Crippen LogP contribution in [0.3, 0.4) is 0 Å². The van der Waals surface area contributed by atoms with Gasteiger partial charge >= 0.3 is 5.97 Å². The minimum Gasteiger partial charge on any atom is -0.469 e. The Morgan fingerprint density at radius 2 is 1.95 bits per heavy atom. The monoisotopic (exact) mass is 368 g/mol. The number of methoxy groups -OCH3 is 1. The highest BCUT2D eigenvalue weighted by Crippen LogP contribution is 2.23. The molecule has 4 heteroatoms. The third-order valence-corrected chi connectivity index (χ3v) is 4.29. The largest absolute Gasteiger partial charge is 0.469 e. The lowest BCUT2D eigenvalue weighted by molar-refractivity contribution is -0.139. The van der Waals surface area contributed by atoms with Crippen LogP contribution >= 0.6 is 15.9 Å². The molecule has 3 nitrogen and oxygen atoms in total. The lowest BCUT2D eigenvalue weighted by atomic mass is 9.94. The smallest absolute Gasteiger partial charge is 0.309 e. The second-order valence-corrected chi connectivity index (χ2v) is 6.53. The Kier molecular flexibility index (Phi) is 8.43. The Hall–Kier alpha value is -1.13. The summed E-state index contributed by atoms with van der Waals surface area (Å²) >= 11 is 3.54. The van der Waals surface area contributed by atoms with Crippen molar-refractivity contribution >= 4 is 21.9 Å². The maximum Gasteiger partial charge on any atom is 0.309 e. The van der Waals surface area contributed by atoms with Crippen LogP contribution in [0.15, 0.2) is 40.9 Å². The molecule has 1 rings (SSSR count). The van der Waals surface area contributed by atoms with Crippen LogP contribution in [-0.2, 0) is 20.9 Å². The van der Waals surface area contributed by atoms with Gasteiger partial charge in [0, 0.05) is 10.4 Å². The van der Waals surface area contributed by atoms with E-state index < -0.39 is 0 Å². The third kappa shape index (κ3) is 6.32. The Labute approximate surface area is 141 Å². The minimum atomic E-state index is -0.223. The van der Waals surface area contributed by atoms with Crippen molar-refractivity contribution in [3.05, 3.63) is 46.5 Å². The zero-order valence-corrected chi connectivity index (χ0v) is 15.3. The van der Waals surface area contributed by atoms with E-state index in [4.69, 9.17) is 4.74 Å². The van der Waals surface area contributed by atoms with Gasteiger partial charge in [-0.1, -0.05) is 67.1 Å². The zero-order chi connectivity index (χ0) is 16.5. The third-order valence-electron chi connectivity index (χ3n) is 3.52. The topological polar surface area (TPSA) is 35.5 Å². The number of ether oxygens (including phenoxy) is 2. The summed E-state index contributed by atoms with van der Waals surface area (Å²) in [5, 5.41) is 0. The van der Waals surface area contributed by atoms with Gasteiger partial charge in [-0.2, -0.15) is 0 Å². The van der Waals surface area contributed by atoms with E-state index >= 15 is 0 Å². The maximum absolute atomic E-state index is 11.1. The quantitative estimate of drug-likeness (QED) is 0.490. The summed E-state index contributed by atoms with van der Waals surface area (Å²) in [6.07, 6.45) is 4.28. The van der Waals surface area contributed by atoms with E-state index in [1.165, 1.54) is 7.11 Å². The summed E-state index contributed by atoms with van der Waals surface area (Å²) in [6, 6.07) is 8.07. The maximum atomic E-state index is 11.1. The molecule has 0 saturated heterocycles. The van der Waals surface area contributed by atoms with E-state index in [0.29, 0.717) is 18.9 Å². The van der Waals surface area contributed by atoms with Gasteiger partial charge in [0.2, 0.25) is 0 Å². The van der Waals surface area contributed by atoms with Gasteiger partial charge in [0.05, 0.1) is 26.2 Å². The standard InChI is InChI=1S/C18H25BrO3/c1-13(2)18(14(3)8-7-11-17(20)21-4)22-12-15-9-5-6-10-16(15)19/h5-10,13-14,18H,11-12H2,1-4H3/b8-7+/t14-,18-/m0/s1. The van der Waals surface area contributed by atoms with Crippen molar-refractivity contribution in [3.8, 4) is 0 Å². The highest BCUT2D eigenvalue weighted by molar-refractivity contribution is 9.10. The van der Waals surface area contributed by atoms with E-state index in [2.05, 4.69) is 47.5 Å². The normalized spacial score (nSPS) is 14.3. The Balaban J connectivity index is 2.61. The van der Waals surface area contributed by atoms with Gasteiger partial charge in [-0.05, 0) is 17.5 Å². The first-order chi connectivity index (χ1) is 10.5. The molecule has 0 spiro atoms. The second-order valence-electron chi connectivity index (χ2n) is 5.68. The summed E-state index contributed by atoms with van der Waals surface area (Å²) in [4.78, 5) is 11.1. The average molecular weight is 369 g/mol. The Morgan fingerprint density at radius 1 is 1.27 bits per heavy atom. The first-order valence-corrected chi connectivity index (χ1v) is 8.33. The molecule has 0 bridgehead atoms. The molecule has 122 valence electrons. The zero-order valence-electron chi connectivity index (χ0n) is 13.7. The summed E-state index contributed by atoms with van der Waals surface area (Å²) in [5.74, 6) is 0.395. The Morgan fingerprint density at radius 3 is 2.55 bits per heavy atom. The van der Waals surface area contributed by atoms with Gasteiger partial charge in [-0.25, -0.2) is 0 Å². The van der Waals surface area contributed by atoms with Crippen molar-refractivity contribution in [1.82, 2.24) is 0 Å². The lowest BCUT2D eigenvalue weighted by Gasteiger charge is -2.26. The van der Waals surface area contributed by atoms with Crippen molar-refractivity contribution in [1.29, 1.82) is 0 Å². The summed E-state index contributed by atoms with van der Waals surface area (Å²) in [5.41, 5.74) is 1.14. The van der Waals surface area contributed by atoms with Crippen molar-refractivity contribution < 1.29 is 14.3 Å². The van der Waals surface area contributed by atoms with Crippen LogP contribution in [0.25, 0.3) is 0 Å². The first kappa shape index (κ1) is 18.9. The molecule has 0 saturated carbocycles. The highest BCUT2D eigenvalue weighted by Gasteiger charge is 2.20. The molecule has 22 heavy (non-hydrogen) atoms. The van der Waals surface area contributed by atoms with Crippen molar-refractivity contribution in [2.75, 3.05) is 7.11 Å². The van der Waals surface area contributed by atoms with Crippen molar-refractivity contribution in [3.63, 3.8) is 0 Å². The van der Waals surface area contributed by atoms with E-state index in [1.807, 2.05) is 30.4 Å². The molecule has 0 unspecified atom stereocenters. The molecule has 0 fully saturated rings. The number of hydrogen-bond acceptors (Lipinski definition) is 3. The molecule has 1 aromatic rings. The predicted octanol–water partition coefficient (Wildman–Crippen LogP) is 4.75. The van der Waals surface area contributed by atoms with E-state index in [0.717, 1.165) is 10.0 Å². The molecular formula is C18H25BrO3. The second kappa shape index (κ2) is 9.80. The van der Waals surface area contributed by atoms with Gasteiger partial charge in [0.25, 0.3) is 0 Å². The molecule has 0 heterocycles. The molecule has 0 aliphatic rings. The van der Waals surface area contributed by atoms with Crippen LogP contribution < -0.4 is 0 Å².